The zero-order chi connectivity index (χ0) is 15.5. The summed E-state index contributed by atoms with van der Waals surface area (Å²) in [4.78, 5) is 6.67. The molecule has 1 heterocycles. The minimum absolute atomic E-state index is 0. The summed E-state index contributed by atoms with van der Waals surface area (Å²) in [5.41, 5.74) is 0. The van der Waals surface area contributed by atoms with Crippen molar-refractivity contribution in [3.05, 3.63) is 18.5 Å². The van der Waals surface area contributed by atoms with Crippen LogP contribution in [0, 0.1) is 0 Å². The summed E-state index contributed by atoms with van der Waals surface area (Å²) in [6, 6.07) is 2.53. The van der Waals surface area contributed by atoms with E-state index in [1.54, 1.807) is 0 Å². The quantitative estimate of drug-likeness (QED) is 0.276. The third kappa shape index (κ3) is 8.57. The topological polar surface area (TPSA) is 57.5 Å². The maximum absolute atomic E-state index is 4.24. The summed E-state index contributed by atoms with van der Waals surface area (Å²) in [5.74, 6) is 0.871. The number of hydrogen-bond acceptors (Lipinski definition) is 3. The molecule has 0 saturated heterocycles. The normalized spacial score (nSPS) is 11.6. The summed E-state index contributed by atoms with van der Waals surface area (Å²) in [5, 5.41) is 10.9. The van der Waals surface area contributed by atoms with Gasteiger partial charge in [0.15, 0.2) is 5.96 Å². The molecule has 0 saturated carbocycles. The van der Waals surface area contributed by atoms with Crippen LogP contribution in [0.4, 0.5) is 0 Å². The maximum Gasteiger partial charge on any atom is 0.191 e. The summed E-state index contributed by atoms with van der Waals surface area (Å²) >= 11 is 0. The van der Waals surface area contributed by atoms with Gasteiger partial charge in [-0.15, -0.1) is 24.0 Å². The van der Waals surface area contributed by atoms with E-state index >= 15 is 0 Å². The number of aliphatic imine (C=N–C) groups is 1. The molecule has 2 N–H and O–H groups in total. The lowest BCUT2D eigenvalue weighted by Gasteiger charge is -2.25. The first kappa shape index (κ1) is 21.2. The molecule has 0 aliphatic heterocycles. The lowest BCUT2D eigenvalue weighted by atomic mass is 10.3. The minimum Gasteiger partial charge on any atom is -0.356 e. The fraction of sp³-hybridized carbons (Fsp3) is 0.733. The van der Waals surface area contributed by atoms with Crippen molar-refractivity contribution in [1.82, 2.24) is 25.3 Å². The molecule has 0 atom stereocenters. The van der Waals surface area contributed by atoms with Crippen LogP contribution in [0.15, 0.2) is 23.5 Å². The molecule has 0 amide bonds. The van der Waals surface area contributed by atoms with Gasteiger partial charge in [-0.1, -0.05) is 6.92 Å². The zero-order valence-corrected chi connectivity index (χ0v) is 16.6. The van der Waals surface area contributed by atoms with Gasteiger partial charge in [0.2, 0.25) is 0 Å². The molecular formula is C15H31IN6. The van der Waals surface area contributed by atoms with E-state index in [4.69, 9.17) is 0 Å². The van der Waals surface area contributed by atoms with E-state index in [1.807, 2.05) is 30.2 Å². The molecular weight excluding hydrogens is 391 g/mol. The highest BCUT2D eigenvalue weighted by Crippen LogP contribution is 1.95. The first-order valence-corrected chi connectivity index (χ1v) is 7.83. The Balaban J connectivity index is 0.00000441. The molecule has 0 unspecified atom stereocenters. The molecule has 1 aromatic rings. The second kappa shape index (κ2) is 12.7. The van der Waals surface area contributed by atoms with Crippen molar-refractivity contribution in [3.8, 4) is 0 Å². The molecule has 0 aromatic carbocycles. The number of hydrogen-bond donors (Lipinski definition) is 2. The molecule has 0 radical (unpaired) electrons. The Morgan fingerprint density at radius 2 is 2.05 bits per heavy atom. The van der Waals surface area contributed by atoms with E-state index in [-0.39, 0.29) is 24.0 Å². The second-order valence-electron chi connectivity index (χ2n) is 5.27. The first-order chi connectivity index (χ1) is 10.2. The van der Waals surface area contributed by atoms with Gasteiger partial charge in [0.1, 0.15) is 0 Å². The van der Waals surface area contributed by atoms with Gasteiger partial charge >= 0.3 is 0 Å². The zero-order valence-electron chi connectivity index (χ0n) is 14.2. The molecule has 1 aromatic heterocycles. The predicted octanol–water partition coefficient (Wildman–Crippen LogP) is 1.79. The summed E-state index contributed by atoms with van der Waals surface area (Å²) in [6.45, 7) is 11.5. The van der Waals surface area contributed by atoms with Gasteiger partial charge in [0.05, 0.1) is 0 Å². The van der Waals surface area contributed by atoms with Crippen LogP contribution in [0.25, 0.3) is 0 Å². The van der Waals surface area contributed by atoms with Crippen LogP contribution in [0.3, 0.4) is 0 Å². The van der Waals surface area contributed by atoms with E-state index in [0.29, 0.717) is 6.04 Å². The van der Waals surface area contributed by atoms with Crippen molar-refractivity contribution in [3.63, 3.8) is 0 Å². The first-order valence-electron chi connectivity index (χ1n) is 7.83. The van der Waals surface area contributed by atoms with E-state index in [0.717, 1.165) is 45.1 Å². The van der Waals surface area contributed by atoms with Crippen molar-refractivity contribution in [2.45, 2.75) is 39.8 Å². The van der Waals surface area contributed by atoms with Crippen molar-refractivity contribution in [2.75, 3.05) is 33.2 Å². The standard InChI is InChI=1S/C15H30N6.HI/c1-5-20(14(2)3)13-10-18-15(16-4)17-8-6-11-21-12-7-9-19-21;/h7,9,12,14H,5-6,8,10-11,13H2,1-4H3,(H2,16,17,18);1H. The fourth-order valence-corrected chi connectivity index (χ4v) is 2.20. The Kier molecular flexibility index (Phi) is 12.2. The Morgan fingerprint density at radius 3 is 2.59 bits per heavy atom. The number of aromatic nitrogens is 2. The number of halogens is 1. The van der Waals surface area contributed by atoms with Gasteiger partial charge in [0.25, 0.3) is 0 Å². The van der Waals surface area contributed by atoms with E-state index < -0.39 is 0 Å². The van der Waals surface area contributed by atoms with Gasteiger partial charge in [-0.2, -0.15) is 5.10 Å². The average Bonchev–Trinajstić information content (AvgIpc) is 2.98. The van der Waals surface area contributed by atoms with Crippen LogP contribution in [0.1, 0.15) is 27.2 Å². The Hall–Kier alpha value is -0.830. The van der Waals surface area contributed by atoms with Gasteiger partial charge in [-0.3, -0.25) is 14.6 Å². The molecule has 0 bridgehead atoms. The molecule has 22 heavy (non-hydrogen) atoms. The molecule has 7 heteroatoms. The van der Waals surface area contributed by atoms with Crippen molar-refractivity contribution >= 4 is 29.9 Å². The lowest BCUT2D eigenvalue weighted by molar-refractivity contribution is 0.237. The summed E-state index contributed by atoms with van der Waals surface area (Å²) in [6.07, 6.45) is 4.82. The largest absolute Gasteiger partial charge is 0.356 e. The summed E-state index contributed by atoms with van der Waals surface area (Å²) in [7, 11) is 1.81. The van der Waals surface area contributed by atoms with Crippen molar-refractivity contribution in [2.24, 2.45) is 4.99 Å². The smallest absolute Gasteiger partial charge is 0.191 e. The number of guanidine groups is 1. The lowest BCUT2D eigenvalue weighted by Crippen LogP contribution is -2.43. The number of rotatable bonds is 9. The van der Waals surface area contributed by atoms with Crippen molar-refractivity contribution in [1.29, 1.82) is 0 Å². The third-order valence-electron chi connectivity index (χ3n) is 3.47. The van der Waals surface area contributed by atoms with Crippen LogP contribution in [0.5, 0.6) is 0 Å². The molecule has 6 nitrogen and oxygen atoms in total. The number of aryl methyl sites for hydroxylation is 1. The monoisotopic (exact) mass is 422 g/mol. The maximum atomic E-state index is 4.24. The number of nitrogens with one attached hydrogen (secondary N) is 2. The molecule has 0 spiro atoms. The molecule has 0 fully saturated rings. The molecule has 0 aliphatic carbocycles. The Labute approximate surface area is 151 Å². The Morgan fingerprint density at radius 1 is 1.32 bits per heavy atom. The molecule has 128 valence electrons. The third-order valence-corrected chi connectivity index (χ3v) is 3.47. The van der Waals surface area contributed by atoms with Gasteiger partial charge in [0, 0.05) is 51.7 Å². The Bertz CT molecular complexity index is 391. The van der Waals surface area contributed by atoms with E-state index in [1.165, 1.54) is 0 Å². The van der Waals surface area contributed by atoms with Crippen LogP contribution in [0.2, 0.25) is 0 Å². The predicted molar refractivity (Wildman–Crippen MR) is 104 cm³/mol. The van der Waals surface area contributed by atoms with Gasteiger partial charge in [-0.25, -0.2) is 0 Å². The molecule has 1 rings (SSSR count). The van der Waals surface area contributed by atoms with E-state index in [2.05, 4.69) is 46.4 Å². The van der Waals surface area contributed by atoms with Crippen molar-refractivity contribution < 1.29 is 0 Å². The molecule has 0 aliphatic rings. The second-order valence-corrected chi connectivity index (χ2v) is 5.27. The van der Waals surface area contributed by atoms with E-state index in [9.17, 15) is 0 Å². The average molecular weight is 422 g/mol. The minimum atomic E-state index is 0. The van der Waals surface area contributed by atoms with Gasteiger partial charge in [-0.05, 0) is 32.9 Å². The van der Waals surface area contributed by atoms with Crippen LogP contribution in [-0.4, -0.2) is 59.9 Å². The van der Waals surface area contributed by atoms with Crippen LogP contribution in [-0.2, 0) is 6.54 Å². The van der Waals surface area contributed by atoms with Gasteiger partial charge < -0.3 is 10.6 Å². The highest BCUT2D eigenvalue weighted by Gasteiger charge is 2.06. The summed E-state index contributed by atoms with van der Waals surface area (Å²) < 4.78 is 1.94. The number of likely N-dealkylation sites (N-methyl/N-ethyl adjacent to an activating group) is 1. The van der Waals surface area contributed by atoms with Crippen LogP contribution >= 0.6 is 24.0 Å². The van der Waals surface area contributed by atoms with Crippen LogP contribution < -0.4 is 10.6 Å². The SMILES string of the molecule is CCN(CCNC(=NC)NCCCn1cccn1)C(C)C.I. The number of nitrogens with zero attached hydrogens (tertiary/aromatic N) is 4. The fourth-order valence-electron chi connectivity index (χ4n) is 2.20. The highest BCUT2D eigenvalue weighted by molar-refractivity contribution is 14.0. The highest BCUT2D eigenvalue weighted by atomic mass is 127.